The van der Waals surface area contributed by atoms with Gasteiger partial charge in [0.05, 0.1) is 8.95 Å². The van der Waals surface area contributed by atoms with Crippen molar-refractivity contribution in [3.8, 4) is 11.5 Å². The van der Waals surface area contributed by atoms with E-state index in [2.05, 4.69) is 83.8 Å². The van der Waals surface area contributed by atoms with E-state index >= 15 is 0 Å². The van der Waals surface area contributed by atoms with Gasteiger partial charge in [-0.15, -0.1) is 0 Å². The summed E-state index contributed by atoms with van der Waals surface area (Å²) in [6, 6.07) is 13.1. The summed E-state index contributed by atoms with van der Waals surface area (Å²) in [6.07, 6.45) is 21.6. The van der Waals surface area contributed by atoms with Gasteiger partial charge in [-0.2, -0.15) is 0 Å². The van der Waals surface area contributed by atoms with Gasteiger partial charge in [0.15, 0.2) is 0 Å². The lowest BCUT2D eigenvalue weighted by Crippen LogP contribution is -2.72. The molecule has 4 atom stereocenters. The van der Waals surface area contributed by atoms with Crippen LogP contribution in [0.2, 0.25) is 0 Å². The number of halogens is 2. The van der Waals surface area contributed by atoms with Crippen LogP contribution in [-0.4, -0.2) is 10.2 Å². The molecule has 8 bridgehead atoms. The molecule has 0 aromatic heterocycles. The zero-order valence-corrected chi connectivity index (χ0v) is 30.6. The summed E-state index contributed by atoms with van der Waals surface area (Å²) in [5.41, 5.74) is 5.67. The molecule has 8 aliphatic rings. The highest BCUT2D eigenvalue weighted by molar-refractivity contribution is 9.10. The normalized spacial score (nSPS) is 46.6. The van der Waals surface area contributed by atoms with Crippen LogP contribution < -0.4 is 0 Å². The van der Waals surface area contributed by atoms with E-state index in [0.29, 0.717) is 44.0 Å². The van der Waals surface area contributed by atoms with E-state index in [0.717, 1.165) is 8.95 Å². The van der Waals surface area contributed by atoms with Gasteiger partial charge in [-0.1, -0.05) is 65.5 Å². The first-order valence-corrected chi connectivity index (χ1v) is 19.4. The van der Waals surface area contributed by atoms with Crippen LogP contribution in [0.3, 0.4) is 0 Å². The SMILES string of the molecule is CCC12CC3(CC)CC(c4ccc(O)c(Br)c4)(C1)CC(C14CC5(CC)CC(CC)(CC(c6ccc(O)c(Br)c6)(C5)C1)C4)(C2)C3. The van der Waals surface area contributed by atoms with Crippen LogP contribution in [0.25, 0.3) is 0 Å². The smallest absolute Gasteiger partial charge is 0.129 e. The maximum absolute atomic E-state index is 10.5. The van der Waals surface area contributed by atoms with Gasteiger partial charge < -0.3 is 10.2 Å². The second kappa shape index (κ2) is 9.33. The number of hydrogen-bond donors (Lipinski definition) is 2. The zero-order chi connectivity index (χ0) is 31.0. The van der Waals surface area contributed by atoms with Gasteiger partial charge in [-0.05, 0) is 188 Å². The van der Waals surface area contributed by atoms with E-state index in [1.807, 2.05) is 12.1 Å². The Balaban J connectivity index is 1.35. The summed E-state index contributed by atoms with van der Waals surface area (Å²) in [5, 5.41) is 21.1. The molecule has 8 saturated carbocycles. The molecule has 2 nitrogen and oxygen atoms in total. The molecule has 0 amide bonds. The van der Waals surface area contributed by atoms with Crippen molar-refractivity contribution in [1.82, 2.24) is 0 Å². The Morgan fingerprint density at radius 2 is 0.795 bits per heavy atom. The minimum absolute atomic E-state index is 0.188. The third-order valence-electron chi connectivity index (χ3n) is 15.8. The summed E-state index contributed by atoms with van der Waals surface area (Å²) in [4.78, 5) is 0. The van der Waals surface area contributed by atoms with Gasteiger partial charge >= 0.3 is 0 Å². The van der Waals surface area contributed by atoms with Crippen molar-refractivity contribution in [2.24, 2.45) is 32.5 Å². The fourth-order valence-electron chi connectivity index (χ4n) is 15.0. The lowest BCUT2D eigenvalue weighted by Gasteiger charge is -2.81. The average molecular weight is 725 g/mol. The molecule has 10 rings (SSSR count). The van der Waals surface area contributed by atoms with Crippen LogP contribution >= 0.6 is 31.9 Å². The van der Waals surface area contributed by atoms with E-state index in [9.17, 15) is 10.2 Å². The van der Waals surface area contributed by atoms with Crippen LogP contribution in [0.1, 0.15) is 142 Å². The minimum atomic E-state index is 0.188. The summed E-state index contributed by atoms with van der Waals surface area (Å²) in [7, 11) is 0. The summed E-state index contributed by atoms with van der Waals surface area (Å²) < 4.78 is 1.72. The zero-order valence-electron chi connectivity index (χ0n) is 27.4. The van der Waals surface area contributed by atoms with Gasteiger partial charge in [0.2, 0.25) is 0 Å². The number of phenolic OH excluding ortho intramolecular Hbond substituents is 2. The summed E-state index contributed by atoms with van der Waals surface area (Å²) in [6.45, 7) is 10.1. The molecule has 238 valence electrons. The molecule has 8 fully saturated rings. The molecule has 4 heteroatoms. The molecule has 0 radical (unpaired) electrons. The number of hydrogen-bond acceptors (Lipinski definition) is 2. The Morgan fingerprint density at radius 3 is 1.07 bits per heavy atom. The third kappa shape index (κ3) is 3.88. The van der Waals surface area contributed by atoms with Crippen LogP contribution in [0, 0.1) is 32.5 Å². The highest BCUT2D eigenvalue weighted by atomic mass is 79.9. The van der Waals surface area contributed by atoms with Crippen molar-refractivity contribution >= 4 is 31.9 Å². The molecule has 2 N–H and O–H groups in total. The highest BCUT2D eigenvalue weighted by Gasteiger charge is 2.77. The fraction of sp³-hybridized carbons (Fsp3) is 0.700. The molecule has 8 aliphatic carbocycles. The van der Waals surface area contributed by atoms with Gasteiger partial charge in [0, 0.05) is 0 Å². The Bertz CT molecular complexity index is 1370. The van der Waals surface area contributed by atoms with E-state index in [4.69, 9.17) is 0 Å². The monoisotopic (exact) mass is 722 g/mol. The fourth-order valence-corrected chi connectivity index (χ4v) is 15.8. The van der Waals surface area contributed by atoms with E-state index in [1.54, 1.807) is 0 Å². The molecule has 4 unspecified atom stereocenters. The minimum Gasteiger partial charge on any atom is -0.507 e. The average Bonchev–Trinajstić information content (AvgIpc) is 2.98. The molecular weight excluding hydrogens is 672 g/mol. The van der Waals surface area contributed by atoms with E-state index < -0.39 is 0 Å². The molecule has 0 saturated heterocycles. The van der Waals surface area contributed by atoms with Gasteiger partial charge in [0.1, 0.15) is 11.5 Å². The Hall–Kier alpha value is -1.00. The first-order chi connectivity index (χ1) is 20.8. The standard InChI is InChI=1S/C40H52Br2O2/c1-5-33-15-34(6-2)18-37(17-33,27-9-11-31(43)29(41)13-27)25-39(21-33,22-34)40-23-35(7-3)16-36(8-4,24-40)20-38(19-35,26-40)28-10-12-32(44)30(42)14-28/h9-14,43-44H,5-8,15-26H2,1-4H3. The van der Waals surface area contributed by atoms with Crippen LogP contribution in [0.5, 0.6) is 11.5 Å². The number of rotatable bonds is 7. The van der Waals surface area contributed by atoms with Crippen molar-refractivity contribution in [3.05, 3.63) is 56.5 Å². The molecule has 2 aromatic carbocycles. The second-order valence-electron chi connectivity index (χ2n) is 18.0. The van der Waals surface area contributed by atoms with Crippen molar-refractivity contribution in [2.75, 3.05) is 0 Å². The van der Waals surface area contributed by atoms with Crippen molar-refractivity contribution in [2.45, 2.75) is 141 Å². The molecule has 0 spiro atoms. The van der Waals surface area contributed by atoms with E-state index in [1.165, 1.54) is 114 Å². The molecule has 44 heavy (non-hydrogen) atoms. The molecule has 0 aliphatic heterocycles. The van der Waals surface area contributed by atoms with Gasteiger partial charge in [-0.3, -0.25) is 0 Å². The van der Waals surface area contributed by atoms with Crippen LogP contribution in [-0.2, 0) is 10.8 Å². The topological polar surface area (TPSA) is 40.5 Å². The van der Waals surface area contributed by atoms with E-state index in [-0.39, 0.29) is 10.8 Å². The lowest BCUT2D eigenvalue weighted by atomic mass is 9.23. The van der Waals surface area contributed by atoms with Crippen LogP contribution in [0.4, 0.5) is 0 Å². The maximum Gasteiger partial charge on any atom is 0.129 e. The number of aromatic hydroxyl groups is 2. The third-order valence-corrected chi connectivity index (χ3v) is 17.1. The second-order valence-corrected chi connectivity index (χ2v) is 19.7. The van der Waals surface area contributed by atoms with Crippen molar-refractivity contribution in [3.63, 3.8) is 0 Å². The van der Waals surface area contributed by atoms with Gasteiger partial charge in [-0.25, -0.2) is 0 Å². The Labute approximate surface area is 282 Å². The van der Waals surface area contributed by atoms with Gasteiger partial charge in [0.25, 0.3) is 0 Å². The first kappa shape index (κ1) is 30.3. The Kier molecular flexibility index (Phi) is 6.43. The quantitative estimate of drug-likeness (QED) is 0.299. The predicted octanol–water partition coefficient (Wildman–Crippen LogP) is 12.1. The maximum atomic E-state index is 10.5. The predicted molar refractivity (Wildman–Crippen MR) is 186 cm³/mol. The number of benzene rings is 2. The Morgan fingerprint density at radius 1 is 0.477 bits per heavy atom. The summed E-state index contributed by atoms with van der Waals surface area (Å²) >= 11 is 7.47. The highest BCUT2D eigenvalue weighted by Crippen LogP contribution is 2.86. The van der Waals surface area contributed by atoms with Crippen molar-refractivity contribution in [1.29, 1.82) is 0 Å². The largest absolute Gasteiger partial charge is 0.507 e. The number of phenols is 2. The molecule has 0 heterocycles. The lowest BCUT2D eigenvalue weighted by molar-refractivity contribution is -0.286. The summed E-state index contributed by atoms with van der Waals surface area (Å²) in [5.74, 6) is 0.725. The first-order valence-electron chi connectivity index (χ1n) is 17.8. The molecule has 2 aromatic rings. The van der Waals surface area contributed by atoms with Crippen LogP contribution in [0.15, 0.2) is 45.3 Å². The molecular formula is C40H52Br2O2. The van der Waals surface area contributed by atoms with Crippen molar-refractivity contribution < 1.29 is 10.2 Å².